The van der Waals surface area contributed by atoms with Gasteiger partial charge in [-0.3, -0.25) is 4.79 Å². The van der Waals surface area contributed by atoms with Crippen LogP contribution in [0.25, 0.3) is 31.1 Å². The topological polar surface area (TPSA) is 70.2 Å². The summed E-state index contributed by atoms with van der Waals surface area (Å²) in [6.07, 6.45) is 1.55. The molecule has 8 heteroatoms. The van der Waals surface area contributed by atoms with E-state index in [0.29, 0.717) is 5.02 Å². The van der Waals surface area contributed by atoms with Gasteiger partial charge < -0.3 is 15.5 Å². The first-order valence-electron chi connectivity index (χ1n) is 11.5. The molecule has 0 unspecified atom stereocenters. The van der Waals surface area contributed by atoms with E-state index in [1.54, 1.807) is 17.7 Å². The quantitative estimate of drug-likeness (QED) is 0.262. The van der Waals surface area contributed by atoms with Crippen molar-refractivity contribution in [1.82, 2.24) is 14.9 Å². The van der Waals surface area contributed by atoms with Crippen LogP contribution in [0.4, 0.5) is 11.5 Å². The molecule has 0 spiro atoms. The molecular weight excluding hydrogens is 478 g/mol. The van der Waals surface area contributed by atoms with Gasteiger partial charge in [-0.15, -0.1) is 11.3 Å². The van der Waals surface area contributed by atoms with Crippen molar-refractivity contribution in [2.75, 3.05) is 43.9 Å². The van der Waals surface area contributed by atoms with Crippen molar-refractivity contribution in [2.45, 2.75) is 6.92 Å². The lowest BCUT2D eigenvalue weighted by atomic mass is 10.1. The van der Waals surface area contributed by atoms with Gasteiger partial charge in [0, 0.05) is 57.1 Å². The second kappa shape index (κ2) is 10.2. The summed E-state index contributed by atoms with van der Waals surface area (Å²) in [6, 6.07) is 17.6. The Balaban J connectivity index is 1.22. The third-order valence-electron chi connectivity index (χ3n) is 6.12. The summed E-state index contributed by atoms with van der Waals surface area (Å²) in [6.45, 7) is 5.22. The number of likely N-dealkylation sites (N-methyl/N-ethyl adjacent to an activating group) is 1. The highest BCUT2D eigenvalue weighted by Crippen LogP contribution is 2.31. The monoisotopic (exact) mass is 503 g/mol. The van der Waals surface area contributed by atoms with E-state index in [4.69, 9.17) is 11.6 Å². The summed E-state index contributed by atoms with van der Waals surface area (Å²) in [5.74, 6) is 0.806. The smallest absolute Gasteiger partial charge is 0.197 e. The molecule has 2 N–H and O–H groups in total. The summed E-state index contributed by atoms with van der Waals surface area (Å²) in [5.41, 5.74) is 2.94. The van der Waals surface area contributed by atoms with Crippen LogP contribution in [-0.4, -0.2) is 48.1 Å². The van der Waals surface area contributed by atoms with Crippen molar-refractivity contribution in [3.63, 3.8) is 0 Å². The molecule has 3 aromatic carbocycles. The fourth-order valence-electron chi connectivity index (χ4n) is 4.21. The first kappa shape index (κ1) is 23.5. The molecule has 0 aliphatic carbocycles. The molecule has 0 fully saturated rings. The average Bonchev–Trinajstić information content (AvgIpc) is 2.85. The zero-order valence-corrected chi connectivity index (χ0v) is 21.2. The van der Waals surface area contributed by atoms with Gasteiger partial charge in [-0.1, -0.05) is 29.8 Å². The molecule has 0 bridgehead atoms. The zero-order chi connectivity index (χ0) is 24.4. The summed E-state index contributed by atoms with van der Waals surface area (Å²) >= 11 is 7.75. The number of nitrogens with zero attached hydrogens (tertiary/aromatic N) is 3. The van der Waals surface area contributed by atoms with E-state index in [9.17, 15) is 4.79 Å². The molecular formula is C27H26ClN5OS. The third-order valence-corrected chi connectivity index (χ3v) is 7.66. The Hall–Kier alpha value is -3.26. The Kier molecular flexibility index (Phi) is 6.81. The molecule has 0 saturated carbocycles. The fraction of sp³-hybridized carbons (Fsp3) is 0.222. The Morgan fingerprint density at radius 2 is 1.77 bits per heavy atom. The van der Waals surface area contributed by atoms with Crippen LogP contribution in [0.2, 0.25) is 5.02 Å². The normalized spacial score (nSPS) is 11.5. The van der Waals surface area contributed by atoms with Crippen LogP contribution in [0.15, 0.2) is 65.7 Å². The van der Waals surface area contributed by atoms with Gasteiger partial charge in [0.1, 0.15) is 12.1 Å². The Bertz CT molecular complexity index is 1590. The summed E-state index contributed by atoms with van der Waals surface area (Å²) in [5, 5.41) is 10.1. The van der Waals surface area contributed by atoms with E-state index >= 15 is 0 Å². The number of hydrogen-bond acceptors (Lipinski definition) is 7. The fourth-order valence-corrected chi connectivity index (χ4v) is 5.55. The number of aryl methyl sites for hydroxylation is 1. The molecule has 0 saturated heterocycles. The molecule has 0 atom stereocenters. The summed E-state index contributed by atoms with van der Waals surface area (Å²) in [7, 11) is 2.09. The SMILES string of the molecule is Cc1ccc(NCCN(C)CCNc2ncnc3cc(Cl)ccc23)c2c(=O)c3ccccc3sc12. The van der Waals surface area contributed by atoms with Crippen molar-refractivity contribution in [3.05, 3.63) is 81.7 Å². The van der Waals surface area contributed by atoms with Gasteiger partial charge in [0.05, 0.1) is 10.9 Å². The molecule has 35 heavy (non-hydrogen) atoms. The molecule has 0 radical (unpaired) electrons. The van der Waals surface area contributed by atoms with Gasteiger partial charge in [0.15, 0.2) is 5.43 Å². The van der Waals surface area contributed by atoms with E-state index in [0.717, 1.165) is 74.3 Å². The number of halogens is 1. The van der Waals surface area contributed by atoms with E-state index in [2.05, 4.69) is 45.5 Å². The highest BCUT2D eigenvalue weighted by Gasteiger charge is 2.12. The van der Waals surface area contributed by atoms with Crippen molar-refractivity contribution < 1.29 is 0 Å². The first-order chi connectivity index (χ1) is 17.0. The second-order valence-corrected chi connectivity index (χ2v) is 10.1. The molecule has 2 heterocycles. The lowest BCUT2D eigenvalue weighted by Crippen LogP contribution is -2.30. The van der Waals surface area contributed by atoms with Crippen LogP contribution in [0.1, 0.15) is 5.56 Å². The first-order valence-corrected chi connectivity index (χ1v) is 12.7. The van der Waals surface area contributed by atoms with Gasteiger partial charge in [0.25, 0.3) is 0 Å². The van der Waals surface area contributed by atoms with Gasteiger partial charge in [-0.2, -0.15) is 0 Å². The maximum Gasteiger partial charge on any atom is 0.197 e. The molecule has 6 nitrogen and oxygen atoms in total. The maximum atomic E-state index is 13.3. The highest BCUT2D eigenvalue weighted by molar-refractivity contribution is 7.24. The molecule has 2 aromatic heterocycles. The van der Waals surface area contributed by atoms with Crippen LogP contribution in [0.3, 0.4) is 0 Å². The minimum atomic E-state index is 0.0940. The predicted octanol–water partition coefficient (Wildman–Crippen LogP) is 5.78. The van der Waals surface area contributed by atoms with Gasteiger partial charge >= 0.3 is 0 Å². The third kappa shape index (κ3) is 4.93. The Labute approximate surface area is 212 Å². The lowest BCUT2D eigenvalue weighted by molar-refractivity contribution is 0.361. The molecule has 0 amide bonds. The van der Waals surface area contributed by atoms with E-state index in [-0.39, 0.29) is 5.43 Å². The zero-order valence-electron chi connectivity index (χ0n) is 19.6. The minimum Gasteiger partial charge on any atom is -0.383 e. The number of fused-ring (bicyclic) bond motifs is 3. The van der Waals surface area contributed by atoms with Crippen LogP contribution in [-0.2, 0) is 0 Å². The average molecular weight is 504 g/mol. The van der Waals surface area contributed by atoms with Crippen molar-refractivity contribution in [1.29, 1.82) is 0 Å². The number of rotatable bonds is 8. The Morgan fingerprint density at radius 3 is 2.63 bits per heavy atom. The van der Waals surface area contributed by atoms with Crippen LogP contribution < -0.4 is 16.1 Å². The molecule has 178 valence electrons. The minimum absolute atomic E-state index is 0.0940. The number of anilines is 2. The number of hydrogen-bond donors (Lipinski definition) is 2. The maximum absolute atomic E-state index is 13.3. The number of benzene rings is 3. The van der Waals surface area contributed by atoms with Crippen LogP contribution in [0, 0.1) is 6.92 Å². The lowest BCUT2D eigenvalue weighted by Gasteiger charge is -2.19. The van der Waals surface area contributed by atoms with E-state index in [1.165, 1.54) is 0 Å². The molecule has 5 aromatic rings. The number of aromatic nitrogens is 2. The van der Waals surface area contributed by atoms with Crippen LogP contribution >= 0.6 is 22.9 Å². The number of nitrogens with one attached hydrogen (secondary N) is 2. The van der Waals surface area contributed by atoms with Crippen molar-refractivity contribution in [2.24, 2.45) is 0 Å². The molecule has 0 aliphatic rings. The predicted molar refractivity (Wildman–Crippen MR) is 149 cm³/mol. The van der Waals surface area contributed by atoms with Gasteiger partial charge in [-0.05, 0) is 55.9 Å². The Morgan fingerprint density at radius 1 is 0.971 bits per heavy atom. The van der Waals surface area contributed by atoms with E-state index in [1.807, 2.05) is 48.5 Å². The molecule has 5 rings (SSSR count). The van der Waals surface area contributed by atoms with Gasteiger partial charge in [-0.25, -0.2) is 9.97 Å². The van der Waals surface area contributed by atoms with Crippen molar-refractivity contribution >= 4 is 65.5 Å². The summed E-state index contributed by atoms with van der Waals surface area (Å²) in [4.78, 5) is 24.2. The molecule has 0 aliphatic heterocycles. The second-order valence-electron chi connectivity index (χ2n) is 8.60. The summed E-state index contributed by atoms with van der Waals surface area (Å²) < 4.78 is 2.08. The standard InChI is InChI=1S/C27H26ClN5OS/c1-17-7-10-21(24-25(34)20-5-3-4-6-23(20)35-26(17)24)29-11-13-33(2)14-12-30-27-19-9-8-18(28)15-22(19)31-16-32-27/h3-10,15-16,29H,11-14H2,1-2H3,(H,30,31,32). The van der Waals surface area contributed by atoms with E-state index < -0.39 is 0 Å². The van der Waals surface area contributed by atoms with Crippen molar-refractivity contribution in [3.8, 4) is 0 Å². The largest absolute Gasteiger partial charge is 0.383 e. The van der Waals surface area contributed by atoms with Crippen LogP contribution in [0.5, 0.6) is 0 Å². The van der Waals surface area contributed by atoms with Gasteiger partial charge in [0.2, 0.25) is 0 Å². The highest BCUT2D eigenvalue weighted by atomic mass is 35.5.